The Labute approximate surface area is 148 Å². The second-order valence-corrected chi connectivity index (χ2v) is 7.18. The number of piperidine rings is 1. The van der Waals surface area contributed by atoms with Crippen molar-refractivity contribution in [2.45, 2.75) is 44.8 Å². The number of carbonyl (C=O) groups is 2. The molecule has 0 aliphatic carbocycles. The fourth-order valence-corrected chi connectivity index (χ4v) is 2.89. The zero-order chi connectivity index (χ0) is 18.7. The van der Waals surface area contributed by atoms with Crippen LogP contribution in [0.2, 0.25) is 0 Å². The highest BCUT2D eigenvalue weighted by Crippen LogP contribution is 2.37. The molecule has 1 aliphatic heterocycles. The van der Waals surface area contributed by atoms with Crippen LogP contribution in [0.15, 0.2) is 24.3 Å². The molecule has 6 nitrogen and oxygen atoms in total. The molecule has 0 radical (unpaired) electrons. The van der Waals surface area contributed by atoms with Crippen molar-refractivity contribution in [1.82, 2.24) is 4.90 Å². The first-order valence-electron chi connectivity index (χ1n) is 8.26. The Hall–Kier alpha value is -2.55. The summed E-state index contributed by atoms with van der Waals surface area (Å²) in [7, 11) is 1.34. The molecule has 2 rings (SSSR count). The fourth-order valence-electron chi connectivity index (χ4n) is 2.89. The summed E-state index contributed by atoms with van der Waals surface area (Å²) < 4.78 is 10.1. The van der Waals surface area contributed by atoms with E-state index in [1.54, 1.807) is 29.2 Å². The number of likely N-dealkylation sites (tertiary alicyclic amines) is 1. The first-order chi connectivity index (χ1) is 11.7. The van der Waals surface area contributed by atoms with Crippen LogP contribution < -0.4 is 0 Å². The zero-order valence-corrected chi connectivity index (χ0v) is 15.2. The summed E-state index contributed by atoms with van der Waals surface area (Å²) in [6.07, 6.45) is 0.729. The van der Waals surface area contributed by atoms with Gasteiger partial charge in [-0.15, -0.1) is 0 Å². The van der Waals surface area contributed by atoms with Crippen molar-refractivity contribution in [3.05, 3.63) is 46.8 Å². The van der Waals surface area contributed by atoms with Crippen LogP contribution >= 0.6 is 0 Å². The van der Waals surface area contributed by atoms with Crippen LogP contribution in [-0.2, 0) is 15.0 Å². The summed E-state index contributed by atoms with van der Waals surface area (Å²) in [5.41, 5.74) is 0.110. The number of esters is 1. The second-order valence-electron chi connectivity index (χ2n) is 7.18. The lowest BCUT2D eigenvalue weighted by molar-refractivity contribution is 0.0181. The number of benzene rings is 1. The molecule has 0 N–H and O–H groups in total. The Balaban J connectivity index is 2.10. The quantitative estimate of drug-likeness (QED) is 0.607. The van der Waals surface area contributed by atoms with Gasteiger partial charge in [-0.25, -0.2) is 16.2 Å². The lowest BCUT2D eigenvalue weighted by Gasteiger charge is -2.35. The number of methoxy groups -OCH3 is 1. The van der Waals surface area contributed by atoms with Crippen LogP contribution in [0.5, 0.6) is 0 Å². The lowest BCUT2D eigenvalue weighted by Crippen LogP contribution is -2.45. The van der Waals surface area contributed by atoms with Gasteiger partial charge in [0.15, 0.2) is 0 Å². The van der Waals surface area contributed by atoms with Crippen molar-refractivity contribution in [2.24, 2.45) is 0 Å². The third kappa shape index (κ3) is 4.30. The monoisotopic (exact) mass is 344 g/mol. The molecule has 1 aromatic rings. The number of amides is 1. The molecular formula is C19H24N2O4. The van der Waals surface area contributed by atoms with E-state index in [1.165, 1.54) is 7.11 Å². The molecule has 0 spiro atoms. The number of carbonyl (C=O) groups excluding carboxylic acids is 2. The average molecular weight is 344 g/mol. The third-order valence-electron chi connectivity index (χ3n) is 4.30. The highest BCUT2D eigenvalue weighted by atomic mass is 16.6. The van der Waals surface area contributed by atoms with Gasteiger partial charge in [0.05, 0.1) is 12.7 Å². The molecule has 1 amide bonds. The zero-order valence-electron chi connectivity index (χ0n) is 15.2. The second kappa shape index (κ2) is 7.14. The van der Waals surface area contributed by atoms with E-state index in [0.717, 1.165) is 5.56 Å². The molecular weight excluding hydrogens is 320 g/mol. The van der Waals surface area contributed by atoms with E-state index in [9.17, 15) is 9.59 Å². The maximum atomic E-state index is 12.2. The van der Waals surface area contributed by atoms with Crippen molar-refractivity contribution >= 4 is 12.1 Å². The van der Waals surface area contributed by atoms with E-state index in [1.807, 2.05) is 20.8 Å². The van der Waals surface area contributed by atoms with Crippen molar-refractivity contribution in [2.75, 3.05) is 20.2 Å². The summed E-state index contributed by atoms with van der Waals surface area (Å²) in [6.45, 7) is 14.1. The fraction of sp³-hybridized carbons (Fsp3) is 0.526. The summed E-state index contributed by atoms with van der Waals surface area (Å²) in [4.78, 5) is 29.2. The van der Waals surface area contributed by atoms with E-state index < -0.39 is 17.1 Å². The summed E-state index contributed by atoms with van der Waals surface area (Å²) in [5.74, 6) is -0.400. The van der Waals surface area contributed by atoms with Gasteiger partial charge in [-0.1, -0.05) is 12.1 Å². The van der Waals surface area contributed by atoms with Gasteiger partial charge in [-0.2, -0.15) is 0 Å². The summed E-state index contributed by atoms with van der Waals surface area (Å²) >= 11 is 0. The minimum absolute atomic E-state index is 0.341. The number of rotatable bonds is 2. The summed E-state index contributed by atoms with van der Waals surface area (Å²) in [6, 6.07) is 6.95. The molecule has 6 heteroatoms. The molecule has 1 aromatic carbocycles. The number of ether oxygens (including phenoxy) is 2. The van der Waals surface area contributed by atoms with E-state index in [4.69, 9.17) is 16.0 Å². The van der Waals surface area contributed by atoms with Gasteiger partial charge < -0.3 is 19.2 Å². The molecule has 0 aromatic heterocycles. The number of hydrogen-bond donors (Lipinski definition) is 0. The standard InChI is InChI=1S/C19H24N2O4/c1-18(2,3)25-17(23)21-12-10-19(20-4,11-13-21)15-8-6-14(7-9-15)16(22)24-5/h6-9H,10-13H2,1-3,5H3. The molecule has 0 unspecified atom stereocenters. The van der Waals surface area contributed by atoms with Crippen LogP contribution in [0.3, 0.4) is 0 Å². The van der Waals surface area contributed by atoms with Gasteiger partial charge in [0.1, 0.15) is 5.60 Å². The predicted molar refractivity (Wildman–Crippen MR) is 93.1 cm³/mol. The molecule has 0 bridgehead atoms. The maximum absolute atomic E-state index is 12.2. The van der Waals surface area contributed by atoms with Gasteiger partial charge in [-0.3, -0.25) is 0 Å². The van der Waals surface area contributed by atoms with Gasteiger partial charge in [-0.05, 0) is 32.9 Å². The van der Waals surface area contributed by atoms with Crippen molar-refractivity contribution < 1.29 is 19.1 Å². The molecule has 134 valence electrons. The molecule has 25 heavy (non-hydrogen) atoms. The van der Waals surface area contributed by atoms with Gasteiger partial charge in [0.2, 0.25) is 0 Å². The van der Waals surface area contributed by atoms with Gasteiger partial charge in [0, 0.05) is 31.5 Å². The smallest absolute Gasteiger partial charge is 0.410 e. The van der Waals surface area contributed by atoms with Crippen LogP contribution in [0.25, 0.3) is 4.85 Å². The van der Waals surface area contributed by atoms with Gasteiger partial charge >= 0.3 is 12.1 Å². The Morgan fingerprint density at radius 3 is 2.16 bits per heavy atom. The number of hydrogen-bond acceptors (Lipinski definition) is 4. The van der Waals surface area contributed by atoms with Crippen molar-refractivity contribution in [3.8, 4) is 0 Å². The molecule has 1 heterocycles. The van der Waals surface area contributed by atoms with Crippen LogP contribution in [0.1, 0.15) is 49.5 Å². The normalized spacial score (nSPS) is 16.7. The van der Waals surface area contributed by atoms with Crippen molar-refractivity contribution in [1.29, 1.82) is 0 Å². The van der Waals surface area contributed by atoms with Gasteiger partial charge in [0.25, 0.3) is 5.54 Å². The Morgan fingerprint density at radius 1 is 1.16 bits per heavy atom. The largest absolute Gasteiger partial charge is 0.465 e. The Morgan fingerprint density at radius 2 is 1.72 bits per heavy atom. The SMILES string of the molecule is [C-]#[N+]C1(c2ccc(C(=O)OC)cc2)CCN(C(=O)OC(C)(C)C)CC1. The highest BCUT2D eigenvalue weighted by Gasteiger charge is 2.44. The molecule has 1 saturated heterocycles. The van der Waals surface area contributed by atoms with E-state index in [0.29, 0.717) is 31.5 Å². The molecule has 0 saturated carbocycles. The minimum atomic E-state index is -0.673. The highest BCUT2D eigenvalue weighted by molar-refractivity contribution is 5.89. The topological polar surface area (TPSA) is 60.2 Å². The van der Waals surface area contributed by atoms with Crippen LogP contribution in [0, 0.1) is 6.57 Å². The predicted octanol–water partition coefficient (Wildman–Crippen LogP) is 3.62. The Kier molecular flexibility index (Phi) is 5.36. The maximum Gasteiger partial charge on any atom is 0.410 e. The van der Waals surface area contributed by atoms with E-state index >= 15 is 0 Å². The average Bonchev–Trinajstić information content (AvgIpc) is 2.59. The van der Waals surface area contributed by atoms with Crippen LogP contribution in [-0.4, -0.2) is 42.8 Å². The third-order valence-corrected chi connectivity index (χ3v) is 4.30. The Bertz CT molecular complexity index is 675. The lowest BCUT2D eigenvalue weighted by atomic mass is 9.81. The summed E-state index contributed by atoms with van der Waals surface area (Å²) in [5, 5.41) is 0. The number of nitrogens with zero attached hydrogens (tertiary/aromatic N) is 2. The first kappa shape index (κ1) is 18.8. The first-order valence-corrected chi connectivity index (χ1v) is 8.26. The minimum Gasteiger partial charge on any atom is -0.465 e. The van der Waals surface area contributed by atoms with Crippen molar-refractivity contribution in [3.63, 3.8) is 0 Å². The van der Waals surface area contributed by atoms with E-state index in [-0.39, 0.29) is 6.09 Å². The molecule has 0 atom stereocenters. The molecule has 1 aliphatic rings. The van der Waals surface area contributed by atoms with E-state index in [2.05, 4.69) is 4.85 Å². The van der Waals surface area contributed by atoms with Crippen LogP contribution in [0.4, 0.5) is 4.79 Å². The molecule has 1 fully saturated rings.